The number of halogens is 3. The third kappa shape index (κ3) is 4.36. The van der Waals surface area contributed by atoms with Gasteiger partial charge in [-0.15, -0.1) is 0 Å². The molecule has 6 nitrogen and oxygen atoms in total. The molecule has 0 fully saturated rings. The monoisotopic (exact) mass is 378 g/mol. The van der Waals surface area contributed by atoms with E-state index in [2.05, 4.69) is 9.97 Å². The van der Waals surface area contributed by atoms with Crippen LogP contribution in [0.1, 0.15) is 24.7 Å². The molecule has 9 heteroatoms. The molecule has 0 saturated carbocycles. The molecule has 3 rings (SSSR count). The van der Waals surface area contributed by atoms with Gasteiger partial charge in [-0.05, 0) is 12.1 Å². The number of carbonyl (C=O) groups is 1. The summed E-state index contributed by atoms with van der Waals surface area (Å²) in [5.41, 5.74) is 0.290. The third-order valence-corrected chi connectivity index (χ3v) is 4.01. The van der Waals surface area contributed by atoms with E-state index in [1.807, 2.05) is 0 Å². The molecule has 0 aliphatic carbocycles. The zero-order chi connectivity index (χ0) is 19.4. The number of nitrogens with zero attached hydrogens (tertiary/aromatic N) is 4. The summed E-state index contributed by atoms with van der Waals surface area (Å²) in [4.78, 5) is 21.4. The lowest BCUT2D eigenvalue weighted by Gasteiger charge is -2.17. The minimum atomic E-state index is -2.71. The van der Waals surface area contributed by atoms with Crippen LogP contribution in [0.2, 0.25) is 0 Å². The van der Waals surface area contributed by atoms with E-state index in [0.29, 0.717) is 16.0 Å². The van der Waals surface area contributed by atoms with E-state index in [0.717, 1.165) is 6.20 Å². The van der Waals surface area contributed by atoms with Crippen LogP contribution in [-0.2, 0) is 17.8 Å². The smallest absolute Gasteiger partial charge is 0.319 e. The van der Waals surface area contributed by atoms with Crippen LogP contribution in [0, 0.1) is 5.82 Å². The molecule has 1 aromatic carbocycles. The van der Waals surface area contributed by atoms with Crippen LogP contribution in [0.3, 0.4) is 0 Å². The molecule has 0 spiro atoms. The molecule has 0 aliphatic heterocycles. The Morgan fingerprint density at radius 2 is 2.07 bits per heavy atom. The highest BCUT2D eigenvalue weighted by Gasteiger charge is 2.17. The molecular formula is C18H17F3N4O2. The van der Waals surface area contributed by atoms with Crippen molar-refractivity contribution in [1.82, 2.24) is 19.4 Å². The maximum atomic E-state index is 13.8. The lowest BCUT2D eigenvalue weighted by molar-refractivity contribution is -0.130. The Kier molecular flexibility index (Phi) is 5.58. The molecule has 1 amide bonds. The van der Waals surface area contributed by atoms with Gasteiger partial charge >= 0.3 is 6.55 Å². The summed E-state index contributed by atoms with van der Waals surface area (Å²) in [5, 5.41) is 0. The number of carbonyl (C=O) groups excluding carboxylic acids is 1. The maximum absolute atomic E-state index is 13.8. The van der Waals surface area contributed by atoms with E-state index >= 15 is 0 Å². The molecule has 0 radical (unpaired) electrons. The standard InChI is InChI=1S/C18H17F3N4O2/c1-24(11-15-22-8-9-25(15)18(20)21)17(26)7-6-16-23-10-14(27-16)12-4-2-3-5-13(12)19/h2-5,8-10,18H,6-7,11H2,1H3. The first kappa shape index (κ1) is 18.7. The van der Waals surface area contributed by atoms with Crippen molar-refractivity contribution < 1.29 is 22.4 Å². The molecule has 0 saturated heterocycles. The molecule has 3 aromatic rings. The van der Waals surface area contributed by atoms with Gasteiger partial charge in [0.2, 0.25) is 5.91 Å². The molecule has 27 heavy (non-hydrogen) atoms. The summed E-state index contributed by atoms with van der Waals surface area (Å²) in [6.45, 7) is -2.75. The van der Waals surface area contributed by atoms with E-state index in [9.17, 15) is 18.0 Å². The van der Waals surface area contributed by atoms with Gasteiger partial charge in [-0.25, -0.2) is 14.4 Å². The molecule has 0 N–H and O–H groups in total. The minimum Gasteiger partial charge on any atom is -0.441 e. The van der Waals surface area contributed by atoms with Gasteiger partial charge in [-0.3, -0.25) is 9.36 Å². The van der Waals surface area contributed by atoms with Crippen molar-refractivity contribution in [3.05, 3.63) is 60.4 Å². The fourth-order valence-electron chi connectivity index (χ4n) is 2.56. The number of aryl methyl sites for hydroxylation is 1. The lowest BCUT2D eigenvalue weighted by atomic mass is 10.2. The predicted octanol–water partition coefficient (Wildman–Crippen LogP) is 3.66. The van der Waals surface area contributed by atoms with E-state index in [-0.39, 0.29) is 36.9 Å². The van der Waals surface area contributed by atoms with Gasteiger partial charge < -0.3 is 9.32 Å². The van der Waals surface area contributed by atoms with Gasteiger partial charge in [0, 0.05) is 32.3 Å². The number of hydrogen-bond acceptors (Lipinski definition) is 4. The highest BCUT2D eigenvalue weighted by molar-refractivity contribution is 5.76. The number of benzene rings is 1. The summed E-state index contributed by atoms with van der Waals surface area (Å²) >= 11 is 0. The fourth-order valence-corrected chi connectivity index (χ4v) is 2.56. The summed E-state index contributed by atoms with van der Waals surface area (Å²) in [6.07, 6.45) is 4.11. The Labute approximate surface area is 153 Å². The quantitative estimate of drug-likeness (QED) is 0.629. The zero-order valence-corrected chi connectivity index (χ0v) is 14.5. The van der Waals surface area contributed by atoms with Crippen LogP contribution in [0.15, 0.2) is 47.3 Å². The van der Waals surface area contributed by atoms with Crippen LogP contribution in [-0.4, -0.2) is 32.4 Å². The highest BCUT2D eigenvalue weighted by Crippen LogP contribution is 2.23. The average molecular weight is 378 g/mol. The van der Waals surface area contributed by atoms with Gasteiger partial charge in [0.05, 0.1) is 18.3 Å². The van der Waals surface area contributed by atoms with Crippen LogP contribution < -0.4 is 0 Å². The molecule has 2 heterocycles. The van der Waals surface area contributed by atoms with E-state index < -0.39 is 12.4 Å². The SMILES string of the molecule is CN(Cc1nccn1C(F)F)C(=O)CCc1ncc(-c2ccccc2F)o1. The first-order valence-corrected chi connectivity index (χ1v) is 8.19. The fraction of sp³-hybridized carbons (Fsp3) is 0.278. The Morgan fingerprint density at radius 3 is 2.81 bits per heavy atom. The number of oxazole rings is 1. The second-order valence-corrected chi connectivity index (χ2v) is 5.88. The van der Waals surface area contributed by atoms with E-state index in [4.69, 9.17) is 4.42 Å². The van der Waals surface area contributed by atoms with Gasteiger partial charge in [-0.2, -0.15) is 8.78 Å². The maximum Gasteiger partial charge on any atom is 0.319 e. The van der Waals surface area contributed by atoms with Crippen molar-refractivity contribution in [2.75, 3.05) is 7.05 Å². The van der Waals surface area contributed by atoms with Crippen molar-refractivity contribution in [2.45, 2.75) is 25.9 Å². The summed E-state index contributed by atoms with van der Waals surface area (Å²) < 4.78 is 45.6. The molecule has 0 aliphatic rings. The van der Waals surface area contributed by atoms with Crippen molar-refractivity contribution >= 4 is 5.91 Å². The Hall–Kier alpha value is -3.10. The Bertz CT molecular complexity index is 923. The van der Waals surface area contributed by atoms with Crippen molar-refractivity contribution in [3.8, 4) is 11.3 Å². The van der Waals surface area contributed by atoms with Crippen LogP contribution in [0.5, 0.6) is 0 Å². The van der Waals surface area contributed by atoms with Gasteiger partial charge in [0.1, 0.15) is 11.6 Å². The first-order valence-electron chi connectivity index (χ1n) is 8.19. The van der Waals surface area contributed by atoms with Crippen LogP contribution >= 0.6 is 0 Å². The van der Waals surface area contributed by atoms with Crippen molar-refractivity contribution in [1.29, 1.82) is 0 Å². The lowest BCUT2D eigenvalue weighted by Crippen LogP contribution is -2.28. The average Bonchev–Trinajstić information content (AvgIpc) is 3.29. The van der Waals surface area contributed by atoms with Crippen LogP contribution in [0.4, 0.5) is 13.2 Å². The Balaban J connectivity index is 1.58. The first-order chi connectivity index (χ1) is 13.0. The number of alkyl halides is 2. The third-order valence-electron chi connectivity index (χ3n) is 4.01. The number of aromatic nitrogens is 3. The summed E-state index contributed by atoms with van der Waals surface area (Å²) in [6, 6.07) is 6.15. The van der Waals surface area contributed by atoms with Crippen LogP contribution in [0.25, 0.3) is 11.3 Å². The number of hydrogen-bond donors (Lipinski definition) is 0. The van der Waals surface area contributed by atoms with E-state index in [1.165, 1.54) is 30.4 Å². The van der Waals surface area contributed by atoms with Gasteiger partial charge in [-0.1, -0.05) is 12.1 Å². The minimum absolute atomic E-state index is 0.0395. The molecule has 142 valence electrons. The number of imidazole rings is 1. The van der Waals surface area contributed by atoms with Crippen molar-refractivity contribution in [2.24, 2.45) is 0 Å². The largest absolute Gasteiger partial charge is 0.441 e. The summed E-state index contributed by atoms with van der Waals surface area (Å²) in [7, 11) is 1.51. The Morgan fingerprint density at radius 1 is 1.30 bits per heavy atom. The van der Waals surface area contributed by atoms with Gasteiger partial charge in [0.15, 0.2) is 11.7 Å². The molecule has 0 bridgehead atoms. The molecular weight excluding hydrogens is 361 g/mol. The second kappa shape index (κ2) is 8.07. The topological polar surface area (TPSA) is 64.2 Å². The number of rotatable bonds is 7. The predicted molar refractivity (Wildman–Crippen MR) is 90.2 cm³/mol. The normalized spacial score (nSPS) is 11.1. The molecule has 2 aromatic heterocycles. The second-order valence-electron chi connectivity index (χ2n) is 5.88. The molecule has 0 atom stereocenters. The highest BCUT2D eigenvalue weighted by atomic mass is 19.3. The number of amides is 1. The van der Waals surface area contributed by atoms with Crippen molar-refractivity contribution in [3.63, 3.8) is 0 Å². The van der Waals surface area contributed by atoms with Gasteiger partial charge in [0.25, 0.3) is 0 Å². The summed E-state index contributed by atoms with van der Waals surface area (Å²) in [5.74, 6) is -0.0271. The molecule has 0 unspecified atom stereocenters. The van der Waals surface area contributed by atoms with E-state index in [1.54, 1.807) is 18.2 Å². The zero-order valence-electron chi connectivity index (χ0n) is 14.5.